The predicted molar refractivity (Wildman–Crippen MR) is 49.1 cm³/mol. The Morgan fingerprint density at radius 3 is 2.50 bits per heavy atom. The Morgan fingerprint density at radius 1 is 1.42 bits per heavy atom. The van der Waals surface area contributed by atoms with Gasteiger partial charge >= 0.3 is 0 Å². The molecule has 0 amide bonds. The lowest BCUT2D eigenvalue weighted by atomic mass is 9.96. The average molecular weight is 172 g/mol. The molecule has 3 unspecified atom stereocenters. The van der Waals surface area contributed by atoms with Crippen molar-refractivity contribution in [3.8, 4) is 0 Å². The first-order valence-corrected chi connectivity index (χ1v) is 5.04. The molecule has 72 valence electrons. The predicted octanol–water partition coefficient (Wildman–Crippen LogP) is 1.96. The summed E-state index contributed by atoms with van der Waals surface area (Å²) in [5.41, 5.74) is 0. The Morgan fingerprint density at radius 2 is 2.08 bits per heavy atom. The molecule has 2 nitrogen and oxygen atoms in total. The maximum Gasteiger partial charge on any atom is 0.0839 e. The van der Waals surface area contributed by atoms with Gasteiger partial charge in [-0.3, -0.25) is 0 Å². The smallest absolute Gasteiger partial charge is 0.0839 e. The van der Waals surface area contributed by atoms with Crippen LogP contribution in [0, 0.1) is 5.92 Å². The summed E-state index contributed by atoms with van der Waals surface area (Å²) < 4.78 is 5.33. The SMILES string of the molecule is CCC(CCO)CCC1OC1C. The highest BCUT2D eigenvalue weighted by Gasteiger charge is 2.33. The topological polar surface area (TPSA) is 32.8 Å². The first kappa shape index (κ1) is 10.0. The van der Waals surface area contributed by atoms with Gasteiger partial charge in [0.25, 0.3) is 0 Å². The molecule has 1 rings (SSSR count). The van der Waals surface area contributed by atoms with Gasteiger partial charge in [0, 0.05) is 6.61 Å². The Balaban J connectivity index is 2.02. The van der Waals surface area contributed by atoms with Gasteiger partial charge in [-0.25, -0.2) is 0 Å². The standard InChI is InChI=1S/C10H20O2/c1-3-9(6-7-11)4-5-10-8(2)12-10/h8-11H,3-7H2,1-2H3. The lowest BCUT2D eigenvalue weighted by molar-refractivity contribution is 0.243. The van der Waals surface area contributed by atoms with Crippen LogP contribution in [-0.2, 0) is 4.74 Å². The second-order valence-corrected chi connectivity index (χ2v) is 3.74. The minimum atomic E-state index is 0.333. The van der Waals surface area contributed by atoms with Crippen LogP contribution in [0.15, 0.2) is 0 Å². The van der Waals surface area contributed by atoms with Crippen LogP contribution in [-0.4, -0.2) is 23.9 Å². The highest BCUT2D eigenvalue weighted by atomic mass is 16.6. The third kappa shape index (κ3) is 3.11. The van der Waals surface area contributed by atoms with Crippen LogP contribution in [0.1, 0.15) is 39.5 Å². The van der Waals surface area contributed by atoms with E-state index in [-0.39, 0.29) is 0 Å². The van der Waals surface area contributed by atoms with Gasteiger partial charge in [0.2, 0.25) is 0 Å². The molecule has 2 heteroatoms. The van der Waals surface area contributed by atoms with E-state index in [0.29, 0.717) is 24.7 Å². The van der Waals surface area contributed by atoms with E-state index in [0.717, 1.165) is 6.42 Å². The molecule has 12 heavy (non-hydrogen) atoms. The van der Waals surface area contributed by atoms with Gasteiger partial charge in [0.15, 0.2) is 0 Å². The molecular formula is C10H20O2. The molecule has 1 fully saturated rings. The zero-order chi connectivity index (χ0) is 8.97. The molecule has 0 aromatic rings. The number of hydrogen-bond donors (Lipinski definition) is 1. The molecule has 0 aromatic carbocycles. The van der Waals surface area contributed by atoms with Crippen LogP contribution in [0.5, 0.6) is 0 Å². The monoisotopic (exact) mass is 172 g/mol. The molecule has 0 saturated carbocycles. The zero-order valence-corrected chi connectivity index (χ0v) is 8.12. The van der Waals surface area contributed by atoms with Crippen LogP contribution in [0.3, 0.4) is 0 Å². The molecule has 1 saturated heterocycles. The number of aliphatic hydroxyl groups excluding tert-OH is 1. The van der Waals surface area contributed by atoms with Crippen molar-refractivity contribution >= 4 is 0 Å². The quantitative estimate of drug-likeness (QED) is 0.621. The molecule has 1 aliphatic heterocycles. The van der Waals surface area contributed by atoms with E-state index in [9.17, 15) is 0 Å². The van der Waals surface area contributed by atoms with Crippen molar-refractivity contribution in [2.24, 2.45) is 5.92 Å². The van der Waals surface area contributed by atoms with E-state index in [1.165, 1.54) is 19.3 Å². The third-order valence-electron chi connectivity index (χ3n) is 2.81. The minimum Gasteiger partial charge on any atom is -0.396 e. The second kappa shape index (κ2) is 4.83. The molecule has 0 aliphatic carbocycles. The fourth-order valence-electron chi connectivity index (χ4n) is 1.67. The third-order valence-corrected chi connectivity index (χ3v) is 2.81. The molecule has 3 atom stereocenters. The fraction of sp³-hybridized carbons (Fsp3) is 1.00. The maximum atomic E-state index is 8.77. The Kier molecular flexibility index (Phi) is 4.02. The van der Waals surface area contributed by atoms with Gasteiger partial charge in [0.1, 0.15) is 0 Å². The van der Waals surface area contributed by atoms with Crippen LogP contribution < -0.4 is 0 Å². The van der Waals surface area contributed by atoms with Gasteiger partial charge in [-0.15, -0.1) is 0 Å². The van der Waals surface area contributed by atoms with E-state index in [1.54, 1.807) is 0 Å². The summed E-state index contributed by atoms with van der Waals surface area (Å²) >= 11 is 0. The van der Waals surface area contributed by atoms with Gasteiger partial charge < -0.3 is 9.84 Å². The molecule has 1 N–H and O–H groups in total. The van der Waals surface area contributed by atoms with E-state index in [2.05, 4.69) is 13.8 Å². The normalized spacial score (nSPS) is 30.2. The number of aliphatic hydroxyl groups is 1. The molecule has 0 radical (unpaired) electrons. The van der Waals surface area contributed by atoms with E-state index < -0.39 is 0 Å². The Hall–Kier alpha value is -0.0800. The van der Waals surface area contributed by atoms with Gasteiger partial charge in [0.05, 0.1) is 12.2 Å². The first-order valence-electron chi connectivity index (χ1n) is 5.04. The number of epoxide rings is 1. The Bertz CT molecular complexity index is 125. The molecule has 0 bridgehead atoms. The van der Waals surface area contributed by atoms with Crippen molar-refractivity contribution < 1.29 is 9.84 Å². The molecule has 1 heterocycles. The first-order chi connectivity index (χ1) is 5.77. The summed E-state index contributed by atoms with van der Waals surface area (Å²) in [5, 5.41) is 8.77. The highest BCUT2D eigenvalue weighted by molar-refractivity contribution is 4.80. The minimum absolute atomic E-state index is 0.333. The van der Waals surface area contributed by atoms with Crippen LogP contribution in [0.25, 0.3) is 0 Å². The number of rotatable bonds is 6. The van der Waals surface area contributed by atoms with Crippen molar-refractivity contribution in [3.63, 3.8) is 0 Å². The average Bonchev–Trinajstić information content (AvgIpc) is 2.76. The highest BCUT2D eigenvalue weighted by Crippen LogP contribution is 2.28. The molecule has 1 aliphatic rings. The molecule has 0 aromatic heterocycles. The van der Waals surface area contributed by atoms with Crippen molar-refractivity contribution in [2.45, 2.75) is 51.7 Å². The number of hydrogen-bond acceptors (Lipinski definition) is 2. The largest absolute Gasteiger partial charge is 0.396 e. The molecule has 0 spiro atoms. The zero-order valence-electron chi connectivity index (χ0n) is 8.12. The van der Waals surface area contributed by atoms with Crippen LogP contribution in [0.2, 0.25) is 0 Å². The molecular weight excluding hydrogens is 152 g/mol. The summed E-state index contributed by atoms with van der Waals surface area (Å²) in [4.78, 5) is 0. The Labute approximate surface area is 74.9 Å². The van der Waals surface area contributed by atoms with Crippen molar-refractivity contribution in [2.75, 3.05) is 6.61 Å². The summed E-state index contributed by atoms with van der Waals surface area (Å²) in [6, 6.07) is 0. The second-order valence-electron chi connectivity index (χ2n) is 3.74. The van der Waals surface area contributed by atoms with Gasteiger partial charge in [-0.1, -0.05) is 13.3 Å². The van der Waals surface area contributed by atoms with E-state index in [1.807, 2.05) is 0 Å². The van der Waals surface area contributed by atoms with E-state index in [4.69, 9.17) is 9.84 Å². The van der Waals surface area contributed by atoms with Crippen LogP contribution >= 0.6 is 0 Å². The summed E-state index contributed by atoms with van der Waals surface area (Å²) in [7, 11) is 0. The summed E-state index contributed by atoms with van der Waals surface area (Å²) in [6.07, 6.45) is 5.56. The lowest BCUT2D eigenvalue weighted by Gasteiger charge is -2.11. The maximum absolute atomic E-state index is 8.77. The van der Waals surface area contributed by atoms with Crippen molar-refractivity contribution in [3.05, 3.63) is 0 Å². The van der Waals surface area contributed by atoms with E-state index >= 15 is 0 Å². The van der Waals surface area contributed by atoms with Gasteiger partial charge in [-0.2, -0.15) is 0 Å². The lowest BCUT2D eigenvalue weighted by Crippen LogP contribution is -2.04. The fourth-order valence-corrected chi connectivity index (χ4v) is 1.67. The van der Waals surface area contributed by atoms with Crippen LogP contribution in [0.4, 0.5) is 0 Å². The summed E-state index contributed by atoms with van der Waals surface area (Å²) in [5.74, 6) is 0.700. The van der Waals surface area contributed by atoms with Crippen molar-refractivity contribution in [1.29, 1.82) is 0 Å². The summed E-state index contributed by atoms with van der Waals surface area (Å²) in [6.45, 7) is 4.65. The van der Waals surface area contributed by atoms with Crippen molar-refractivity contribution in [1.82, 2.24) is 0 Å². The number of ether oxygens (including phenoxy) is 1. The van der Waals surface area contributed by atoms with Gasteiger partial charge in [-0.05, 0) is 32.1 Å².